The summed E-state index contributed by atoms with van der Waals surface area (Å²) in [6.07, 6.45) is 7.29. The number of nitrogens with zero attached hydrogens (tertiary/aromatic N) is 1. The zero-order valence-corrected chi connectivity index (χ0v) is 26.9. The second-order valence-corrected chi connectivity index (χ2v) is 14.6. The number of imide groups is 1. The molecule has 1 aliphatic heterocycles. The molecular weight excluding hydrogens is 618 g/mol. The van der Waals surface area contributed by atoms with E-state index in [0.29, 0.717) is 34.8 Å². The summed E-state index contributed by atoms with van der Waals surface area (Å²) in [6, 6.07) is 20.2. The van der Waals surface area contributed by atoms with Gasteiger partial charge < -0.3 is 19.9 Å². The topological polar surface area (TPSA) is 134 Å². The van der Waals surface area contributed by atoms with E-state index in [9.17, 15) is 24.3 Å². The van der Waals surface area contributed by atoms with Gasteiger partial charge in [-0.05, 0) is 116 Å². The molecule has 4 saturated carbocycles. The molecule has 3 N–H and O–H groups in total. The minimum absolute atomic E-state index is 0.255. The number of benzene rings is 3. The molecule has 3 aromatic rings. The predicted molar refractivity (Wildman–Crippen MR) is 178 cm³/mol. The lowest BCUT2D eigenvalue weighted by Gasteiger charge is -2.57. The van der Waals surface area contributed by atoms with Crippen LogP contribution in [0.3, 0.4) is 0 Å². The molecule has 3 aromatic carbocycles. The zero-order valence-electron chi connectivity index (χ0n) is 26.1. The van der Waals surface area contributed by atoms with Crippen LogP contribution in [0.1, 0.15) is 49.7 Å². The van der Waals surface area contributed by atoms with E-state index in [-0.39, 0.29) is 23.4 Å². The first kappa shape index (κ1) is 31.1. The van der Waals surface area contributed by atoms with Crippen LogP contribution in [-0.4, -0.2) is 47.2 Å². The van der Waals surface area contributed by atoms with Crippen LogP contribution in [0, 0.1) is 17.8 Å². The van der Waals surface area contributed by atoms with Crippen LogP contribution in [0.15, 0.2) is 66.7 Å². The van der Waals surface area contributed by atoms with Crippen molar-refractivity contribution in [1.29, 1.82) is 0 Å². The highest BCUT2D eigenvalue weighted by Gasteiger charge is 2.51. The van der Waals surface area contributed by atoms with Crippen molar-refractivity contribution in [1.82, 2.24) is 5.32 Å². The van der Waals surface area contributed by atoms with Crippen LogP contribution in [0.25, 0.3) is 0 Å². The van der Waals surface area contributed by atoms with Crippen molar-refractivity contribution in [2.45, 2.75) is 55.6 Å². The van der Waals surface area contributed by atoms with Gasteiger partial charge in [-0.3, -0.25) is 24.6 Å². The Kier molecular flexibility index (Phi) is 8.34. The SMILES string of the molecule is CN(C(=O)O)c1cc(Oc2ccc(C34CC5CC(CC(C5)C3)C4)cc2)ccc1NC(=O)COc1ccc(CC2SC(=O)NC2=O)cc1. The number of thioether (sulfide) groups is 1. The van der Waals surface area contributed by atoms with Crippen LogP contribution >= 0.6 is 11.8 Å². The third-order valence-corrected chi connectivity index (χ3v) is 11.1. The molecule has 4 amide bonds. The van der Waals surface area contributed by atoms with Crippen molar-refractivity contribution in [2.24, 2.45) is 17.8 Å². The maximum absolute atomic E-state index is 12.8. The highest BCUT2D eigenvalue weighted by Crippen LogP contribution is 2.60. The van der Waals surface area contributed by atoms with E-state index in [4.69, 9.17) is 9.47 Å². The van der Waals surface area contributed by atoms with Gasteiger partial charge >= 0.3 is 6.09 Å². The molecule has 8 rings (SSSR count). The van der Waals surface area contributed by atoms with Gasteiger partial charge in [0, 0.05) is 13.1 Å². The number of hydrogen-bond acceptors (Lipinski definition) is 7. The molecule has 47 heavy (non-hydrogen) atoms. The Hall–Kier alpha value is -4.51. The largest absolute Gasteiger partial charge is 0.484 e. The summed E-state index contributed by atoms with van der Waals surface area (Å²) in [4.78, 5) is 49.0. The van der Waals surface area contributed by atoms with Crippen LogP contribution in [0.4, 0.5) is 21.0 Å². The highest BCUT2D eigenvalue weighted by molar-refractivity contribution is 8.15. The lowest BCUT2D eigenvalue weighted by molar-refractivity contribution is -0.119. The Labute approximate surface area is 277 Å². The van der Waals surface area contributed by atoms with Crippen molar-refractivity contribution in [2.75, 3.05) is 23.9 Å². The van der Waals surface area contributed by atoms with E-state index >= 15 is 0 Å². The second-order valence-electron chi connectivity index (χ2n) is 13.4. The van der Waals surface area contributed by atoms with Gasteiger partial charge in [0.25, 0.3) is 11.1 Å². The fourth-order valence-electron chi connectivity index (χ4n) is 8.34. The van der Waals surface area contributed by atoms with Crippen molar-refractivity contribution in [3.05, 3.63) is 77.9 Å². The van der Waals surface area contributed by atoms with Crippen molar-refractivity contribution in [3.63, 3.8) is 0 Å². The molecule has 10 nitrogen and oxygen atoms in total. The minimum Gasteiger partial charge on any atom is -0.484 e. The lowest BCUT2D eigenvalue weighted by Crippen LogP contribution is -2.48. The molecule has 11 heteroatoms. The summed E-state index contributed by atoms with van der Waals surface area (Å²) >= 11 is 0.971. The number of nitrogens with one attached hydrogen (secondary N) is 2. The van der Waals surface area contributed by atoms with E-state index < -0.39 is 17.3 Å². The number of hydrogen-bond donors (Lipinski definition) is 3. The summed E-state index contributed by atoms with van der Waals surface area (Å²) < 4.78 is 11.8. The first-order valence-electron chi connectivity index (χ1n) is 16.0. The van der Waals surface area contributed by atoms with Gasteiger partial charge in [0.15, 0.2) is 6.61 Å². The van der Waals surface area contributed by atoms with Crippen LogP contribution < -0.4 is 25.0 Å². The molecule has 1 unspecified atom stereocenters. The quantitative estimate of drug-likeness (QED) is 0.213. The molecule has 0 radical (unpaired) electrons. The van der Waals surface area contributed by atoms with E-state index in [0.717, 1.165) is 40.0 Å². The Balaban J connectivity index is 0.977. The second kappa shape index (κ2) is 12.6. The van der Waals surface area contributed by atoms with Crippen LogP contribution in [0.5, 0.6) is 17.2 Å². The Morgan fingerprint density at radius 1 is 0.915 bits per heavy atom. The number of carbonyl (C=O) groups is 4. The molecule has 1 saturated heterocycles. The number of ether oxygens (including phenoxy) is 2. The number of amides is 4. The minimum atomic E-state index is -1.19. The van der Waals surface area contributed by atoms with Gasteiger partial charge in [-0.15, -0.1) is 0 Å². The third-order valence-electron chi connectivity index (χ3n) is 10.1. The van der Waals surface area contributed by atoms with Gasteiger partial charge in [0.05, 0.1) is 16.6 Å². The van der Waals surface area contributed by atoms with Crippen molar-refractivity contribution in [3.8, 4) is 17.2 Å². The Bertz CT molecular complexity index is 1670. The summed E-state index contributed by atoms with van der Waals surface area (Å²) in [5.74, 6) is 3.39. The zero-order chi connectivity index (χ0) is 32.7. The van der Waals surface area contributed by atoms with Gasteiger partial charge in [-0.2, -0.15) is 0 Å². The predicted octanol–water partition coefficient (Wildman–Crippen LogP) is 6.97. The van der Waals surface area contributed by atoms with Crippen LogP contribution in [0.2, 0.25) is 0 Å². The maximum atomic E-state index is 12.8. The standard InChI is InChI=1S/C36H37N3O7S/c1-39(35(43)44)30-16-28(46-27-8-4-25(5-9-27)36-17-22-12-23(18-36)14-24(13-22)19-36)10-11-29(30)37-32(40)20-45-26-6-2-21(3-7-26)15-31-33(41)38-34(42)47-31/h2-11,16,22-24,31H,12-15,17-20H2,1H3,(H,37,40)(H,43,44)(H,38,41,42). The van der Waals surface area contributed by atoms with Gasteiger partial charge in [-0.1, -0.05) is 36.0 Å². The molecule has 0 spiro atoms. The molecule has 244 valence electrons. The average molecular weight is 656 g/mol. The number of carbonyl (C=O) groups excluding carboxylic acids is 3. The van der Waals surface area contributed by atoms with Crippen molar-refractivity contribution >= 4 is 46.3 Å². The molecule has 4 aliphatic carbocycles. The lowest BCUT2D eigenvalue weighted by atomic mass is 9.48. The monoisotopic (exact) mass is 655 g/mol. The normalized spacial score (nSPS) is 25.7. The van der Waals surface area contributed by atoms with E-state index in [1.807, 2.05) is 12.1 Å². The summed E-state index contributed by atoms with van der Waals surface area (Å²) in [5, 5.41) is 13.9. The van der Waals surface area contributed by atoms with E-state index in [2.05, 4.69) is 22.8 Å². The van der Waals surface area contributed by atoms with Gasteiger partial charge in [-0.25, -0.2) is 4.79 Å². The fourth-order valence-corrected chi connectivity index (χ4v) is 9.20. The number of rotatable bonds is 10. The summed E-state index contributed by atoms with van der Waals surface area (Å²) in [5.41, 5.74) is 3.11. The van der Waals surface area contributed by atoms with Gasteiger partial charge in [0.1, 0.15) is 17.2 Å². The molecule has 5 aliphatic rings. The smallest absolute Gasteiger partial charge is 0.411 e. The molecule has 5 fully saturated rings. The summed E-state index contributed by atoms with van der Waals surface area (Å²) in [7, 11) is 1.40. The van der Waals surface area contributed by atoms with Gasteiger partial charge in [0.2, 0.25) is 5.91 Å². The Morgan fingerprint density at radius 3 is 2.13 bits per heavy atom. The summed E-state index contributed by atoms with van der Waals surface area (Å²) in [6.45, 7) is -0.306. The number of carboxylic acid groups (broad SMARTS) is 1. The molecule has 0 aromatic heterocycles. The number of anilines is 2. The third kappa shape index (κ3) is 6.67. The maximum Gasteiger partial charge on any atom is 0.411 e. The average Bonchev–Trinajstić information content (AvgIpc) is 3.36. The molecular formula is C36H37N3O7S. The van der Waals surface area contributed by atoms with E-state index in [1.165, 1.54) is 51.1 Å². The Morgan fingerprint density at radius 2 is 1.53 bits per heavy atom. The van der Waals surface area contributed by atoms with E-state index in [1.54, 1.807) is 42.5 Å². The molecule has 1 atom stereocenters. The van der Waals surface area contributed by atoms with Crippen molar-refractivity contribution < 1.29 is 33.8 Å². The molecule has 1 heterocycles. The fraction of sp³-hybridized carbons (Fsp3) is 0.389. The van der Waals surface area contributed by atoms with Crippen LogP contribution in [-0.2, 0) is 21.4 Å². The highest BCUT2D eigenvalue weighted by atomic mass is 32.2. The first-order chi connectivity index (χ1) is 22.6. The molecule has 4 bridgehead atoms. The first-order valence-corrected chi connectivity index (χ1v) is 16.9.